The van der Waals surface area contributed by atoms with Crippen LogP contribution in [0.15, 0.2) is 15.9 Å². The third-order valence-electron chi connectivity index (χ3n) is 3.96. The van der Waals surface area contributed by atoms with Crippen LogP contribution in [0, 0.1) is 0 Å². The van der Waals surface area contributed by atoms with Crippen LogP contribution in [0.1, 0.15) is 16.1 Å². The van der Waals surface area contributed by atoms with E-state index in [0.717, 1.165) is 48.6 Å². The van der Waals surface area contributed by atoms with E-state index in [1.54, 1.807) is 0 Å². The van der Waals surface area contributed by atoms with Crippen LogP contribution in [0.3, 0.4) is 0 Å². The molecule has 6 heteroatoms. The van der Waals surface area contributed by atoms with Crippen molar-refractivity contribution >= 4 is 33.2 Å². The quantitative estimate of drug-likeness (QED) is 0.886. The number of carbonyl (C=O) groups excluding carboxylic acids is 1. The number of amides is 1. The molecule has 0 radical (unpaired) electrons. The highest BCUT2D eigenvalue weighted by Gasteiger charge is 2.28. The molecule has 0 aliphatic carbocycles. The molecule has 1 aromatic rings. The number of hydrogen-bond donors (Lipinski definition) is 1. The third-order valence-corrected chi connectivity index (χ3v) is 5.79. The Bertz CT molecular complexity index is 450. The van der Waals surface area contributed by atoms with Crippen molar-refractivity contribution in [2.45, 2.75) is 12.5 Å². The monoisotopic (exact) mass is 343 g/mol. The maximum atomic E-state index is 12.4. The molecule has 19 heavy (non-hydrogen) atoms. The van der Waals surface area contributed by atoms with Crippen LogP contribution in [-0.2, 0) is 0 Å². The van der Waals surface area contributed by atoms with Crippen LogP contribution >= 0.6 is 27.3 Å². The zero-order valence-corrected chi connectivity index (χ0v) is 13.2. The van der Waals surface area contributed by atoms with Crippen LogP contribution in [0.25, 0.3) is 0 Å². The van der Waals surface area contributed by atoms with Crippen molar-refractivity contribution in [2.24, 2.45) is 0 Å². The number of rotatable bonds is 2. The minimum Gasteiger partial charge on any atom is -0.335 e. The smallest absolute Gasteiger partial charge is 0.265 e. The molecule has 0 spiro atoms. The molecule has 1 atom stereocenters. The highest BCUT2D eigenvalue weighted by atomic mass is 79.9. The second-order valence-electron chi connectivity index (χ2n) is 5.07. The lowest BCUT2D eigenvalue weighted by Crippen LogP contribution is -2.52. The van der Waals surface area contributed by atoms with E-state index in [-0.39, 0.29) is 5.91 Å². The molecular weight excluding hydrogens is 326 g/mol. The van der Waals surface area contributed by atoms with Gasteiger partial charge in [0.05, 0.1) is 0 Å². The molecule has 4 nitrogen and oxygen atoms in total. The van der Waals surface area contributed by atoms with Gasteiger partial charge in [0.25, 0.3) is 5.91 Å². The number of nitrogens with zero attached hydrogens (tertiary/aromatic N) is 2. The van der Waals surface area contributed by atoms with E-state index in [1.807, 2.05) is 16.3 Å². The minimum atomic E-state index is 0.172. The lowest BCUT2D eigenvalue weighted by atomic mass is 10.2. The highest BCUT2D eigenvalue weighted by Crippen LogP contribution is 2.25. The van der Waals surface area contributed by atoms with Gasteiger partial charge in [-0.1, -0.05) is 0 Å². The van der Waals surface area contributed by atoms with Crippen LogP contribution in [-0.4, -0.2) is 61.0 Å². The largest absolute Gasteiger partial charge is 0.335 e. The molecule has 0 saturated carbocycles. The standard InChI is InChI=1S/C13H18BrN3OS/c14-11-2-8-19-12(11)13(18)17-6-4-16(5-7-17)10-1-3-15-9-10/h2,8,10,15H,1,3-7,9H2. The summed E-state index contributed by atoms with van der Waals surface area (Å²) in [5.41, 5.74) is 0. The molecular formula is C13H18BrN3OS. The Balaban J connectivity index is 1.58. The minimum absolute atomic E-state index is 0.172. The molecule has 3 heterocycles. The van der Waals surface area contributed by atoms with E-state index in [4.69, 9.17) is 0 Å². The molecule has 104 valence electrons. The Morgan fingerprint density at radius 1 is 1.37 bits per heavy atom. The first-order valence-corrected chi connectivity index (χ1v) is 8.40. The second-order valence-corrected chi connectivity index (χ2v) is 6.84. The second kappa shape index (κ2) is 5.91. The fourth-order valence-corrected chi connectivity index (χ4v) is 4.34. The van der Waals surface area contributed by atoms with Crippen molar-refractivity contribution in [3.63, 3.8) is 0 Å². The van der Waals surface area contributed by atoms with E-state index >= 15 is 0 Å². The van der Waals surface area contributed by atoms with Crippen molar-refractivity contribution < 1.29 is 4.79 Å². The summed E-state index contributed by atoms with van der Waals surface area (Å²) in [6.45, 7) is 5.93. The van der Waals surface area contributed by atoms with Gasteiger partial charge in [-0.15, -0.1) is 11.3 Å². The summed E-state index contributed by atoms with van der Waals surface area (Å²) in [5.74, 6) is 0.172. The Morgan fingerprint density at radius 3 is 2.74 bits per heavy atom. The van der Waals surface area contributed by atoms with Gasteiger partial charge < -0.3 is 10.2 Å². The highest BCUT2D eigenvalue weighted by molar-refractivity contribution is 9.10. The van der Waals surface area contributed by atoms with Gasteiger partial charge in [-0.2, -0.15) is 0 Å². The van der Waals surface area contributed by atoms with Crippen molar-refractivity contribution in [2.75, 3.05) is 39.3 Å². The maximum Gasteiger partial charge on any atom is 0.265 e. The predicted octanol–water partition coefficient (Wildman–Crippen LogP) is 1.63. The Kier molecular flexibility index (Phi) is 4.21. The van der Waals surface area contributed by atoms with Gasteiger partial charge in [0.2, 0.25) is 0 Å². The van der Waals surface area contributed by atoms with Crippen molar-refractivity contribution in [1.82, 2.24) is 15.1 Å². The number of halogens is 1. The van der Waals surface area contributed by atoms with Crippen LogP contribution in [0.4, 0.5) is 0 Å². The molecule has 1 N–H and O–H groups in total. The van der Waals surface area contributed by atoms with Gasteiger partial charge in [-0.05, 0) is 40.3 Å². The lowest BCUT2D eigenvalue weighted by molar-refractivity contribution is 0.0587. The van der Waals surface area contributed by atoms with Crippen molar-refractivity contribution in [3.05, 3.63) is 20.8 Å². The van der Waals surface area contributed by atoms with Gasteiger partial charge in [-0.3, -0.25) is 9.69 Å². The van der Waals surface area contributed by atoms with Gasteiger partial charge in [-0.25, -0.2) is 0 Å². The molecule has 1 aromatic heterocycles. The summed E-state index contributed by atoms with van der Waals surface area (Å²) >= 11 is 4.96. The molecule has 1 unspecified atom stereocenters. The summed E-state index contributed by atoms with van der Waals surface area (Å²) in [6.07, 6.45) is 1.24. The van der Waals surface area contributed by atoms with Gasteiger partial charge in [0, 0.05) is 43.2 Å². The number of nitrogens with one attached hydrogen (secondary N) is 1. The molecule has 3 rings (SSSR count). The van der Waals surface area contributed by atoms with Crippen molar-refractivity contribution in [3.8, 4) is 0 Å². The fraction of sp³-hybridized carbons (Fsp3) is 0.615. The van der Waals surface area contributed by atoms with Crippen LogP contribution in [0.2, 0.25) is 0 Å². The molecule has 2 aliphatic rings. The molecule has 2 saturated heterocycles. The van der Waals surface area contributed by atoms with Crippen molar-refractivity contribution in [1.29, 1.82) is 0 Å². The van der Waals surface area contributed by atoms with Gasteiger partial charge in [0.1, 0.15) is 4.88 Å². The topological polar surface area (TPSA) is 35.6 Å². The normalized spacial score (nSPS) is 24.9. The predicted molar refractivity (Wildman–Crippen MR) is 80.8 cm³/mol. The summed E-state index contributed by atoms with van der Waals surface area (Å²) in [4.78, 5) is 17.7. The Morgan fingerprint density at radius 2 is 2.16 bits per heavy atom. The van der Waals surface area contributed by atoms with Gasteiger partial charge >= 0.3 is 0 Å². The van der Waals surface area contributed by atoms with E-state index < -0.39 is 0 Å². The molecule has 0 bridgehead atoms. The molecule has 1 amide bonds. The summed E-state index contributed by atoms with van der Waals surface area (Å²) in [7, 11) is 0. The fourth-order valence-electron chi connectivity index (χ4n) is 2.83. The summed E-state index contributed by atoms with van der Waals surface area (Å²) in [5, 5.41) is 5.36. The summed E-state index contributed by atoms with van der Waals surface area (Å²) < 4.78 is 0.921. The van der Waals surface area contributed by atoms with E-state index in [2.05, 4.69) is 26.1 Å². The molecule has 2 aliphatic heterocycles. The SMILES string of the molecule is O=C(c1sccc1Br)N1CCN(C2CCNC2)CC1. The maximum absolute atomic E-state index is 12.4. The van der Waals surface area contributed by atoms with E-state index in [1.165, 1.54) is 17.8 Å². The lowest BCUT2D eigenvalue weighted by Gasteiger charge is -2.37. The average Bonchev–Trinajstić information content (AvgIpc) is 3.09. The van der Waals surface area contributed by atoms with Gasteiger partial charge in [0.15, 0.2) is 0 Å². The molecule has 2 fully saturated rings. The third kappa shape index (κ3) is 2.86. The molecule has 0 aromatic carbocycles. The summed E-state index contributed by atoms with van der Waals surface area (Å²) in [6, 6.07) is 2.61. The average molecular weight is 344 g/mol. The van der Waals surface area contributed by atoms with Crippen LogP contribution in [0.5, 0.6) is 0 Å². The Hall–Kier alpha value is -0.430. The first-order valence-electron chi connectivity index (χ1n) is 6.73. The first kappa shape index (κ1) is 13.5. The Labute approximate surface area is 125 Å². The number of carbonyl (C=O) groups is 1. The van der Waals surface area contributed by atoms with E-state index in [9.17, 15) is 4.79 Å². The van der Waals surface area contributed by atoms with E-state index in [0.29, 0.717) is 6.04 Å². The van der Waals surface area contributed by atoms with Crippen LogP contribution < -0.4 is 5.32 Å². The number of thiophene rings is 1. The first-order chi connectivity index (χ1) is 9.25. The number of piperazine rings is 1. The zero-order chi connectivity index (χ0) is 13.2. The number of hydrogen-bond acceptors (Lipinski definition) is 4. The zero-order valence-electron chi connectivity index (χ0n) is 10.8.